The maximum Gasteiger partial charge on any atom is 0.254 e. The smallest absolute Gasteiger partial charge is 0.254 e. The Morgan fingerprint density at radius 2 is 1.84 bits per heavy atom. The molecule has 1 N–H and O–H groups in total. The van der Waals surface area contributed by atoms with Crippen molar-refractivity contribution in [3.63, 3.8) is 0 Å². The number of nitrogens with zero attached hydrogens (tertiary/aromatic N) is 1. The second-order valence-electron chi connectivity index (χ2n) is 8.96. The highest BCUT2D eigenvalue weighted by atomic mass is 16.3. The van der Waals surface area contributed by atoms with Crippen molar-refractivity contribution in [1.82, 2.24) is 4.90 Å². The number of benzene rings is 2. The fourth-order valence-electron chi connectivity index (χ4n) is 4.79. The quantitative estimate of drug-likeness (QED) is 0.590. The molecule has 2 aromatic carbocycles. The minimum atomic E-state index is 0.0544. The summed E-state index contributed by atoms with van der Waals surface area (Å²) >= 11 is 0. The zero-order valence-corrected chi connectivity index (χ0v) is 18.4. The van der Waals surface area contributed by atoms with E-state index in [-0.39, 0.29) is 17.7 Å². The summed E-state index contributed by atoms with van der Waals surface area (Å²) in [4.78, 5) is 27.3. The molecule has 1 saturated carbocycles. The molecule has 1 fully saturated rings. The molecule has 5 nitrogen and oxygen atoms in total. The summed E-state index contributed by atoms with van der Waals surface area (Å²) in [5.74, 6) is 2.01. The molecule has 0 saturated heterocycles. The molecule has 5 heteroatoms. The molecule has 0 spiro atoms. The van der Waals surface area contributed by atoms with Crippen molar-refractivity contribution >= 4 is 17.5 Å². The first-order valence-corrected chi connectivity index (χ1v) is 11.5. The van der Waals surface area contributed by atoms with Crippen LogP contribution in [0.15, 0.2) is 59.0 Å². The Morgan fingerprint density at radius 3 is 2.66 bits per heavy atom. The van der Waals surface area contributed by atoms with Gasteiger partial charge >= 0.3 is 0 Å². The second kappa shape index (κ2) is 8.65. The molecule has 0 atom stereocenters. The van der Waals surface area contributed by atoms with E-state index >= 15 is 0 Å². The van der Waals surface area contributed by atoms with Crippen LogP contribution in [0.3, 0.4) is 0 Å². The van der Waals surface area contributed by atoms with Crippen LogP contribution in [0, 0.1) is 12.8 Å². The van der Waals surface area contributed by atoms with Gasteiger partial charge in [0.25, 0.3) is 5.91 Å². The van der Waals surface area contributed by atoms with E-state index in [1.54, 1.807) is 0 Å². The number of amides is 2. The van der Waals surface area contributed by atoms with Crippen LogP contribution in [-0.2, 0) is 17.8 Å². The van der Waals surface area contributed by atoms with Crippen LogP contribution in [0.4, 0.5) is 5.69 Å². The SMILES string of the molecule is Cc1cccc(C(=O)N2CCc3oc(-c4cccc(NC(=O)C5CCCC5)c4)cc3C2)c1. The number of aryl methyl sites for hydroxylation is 1. The minimum Gasteiger partial charge on any atom is -0.461 e. The molecule has 1 aliphatic carbocycles. The third-order valence-corrected chi connectivity index (χ3v) is 6.56. The number of anilines is 1. The number of hydrogen-bond donors (Lipinski definition) is 1. The molecule has 2 aliphatic rings. The van der Waals surface area contributed by atoms with E-state index in [4.69, 9.17) is 4.42 Å². The largest absolute Gasteiger partial charge is 0.461 e. The number of furan rings is 1. The summed E-state index contributed by atoms with van der Waals surface area (Å²) < 4.78 is 6.15. The van der Waals surface area contributed by atoms with Crippen LogP contribution in [0.1, 0.15) is 52.9 Å². The van der Waals surface area contributed by atoms with Gasteiger partial charge in [0.15, 0.2) is 0 Å². The third-order valence-electron chi connectivity index (χ3n) is 6.56. The Kier molecular flexibility index (Phi) is 5.56. The zero-order valence-electron chi connectivity index (χ0n) is 18.4. The van der Waals surface area contributed by atoms with E-state index in [0.29, 0.717) is 19.5 Å². The van der Waals surface area contributed by atoms with Gasteiger partial charge in [-0.05, 0) is 50.1 Å². The van der Waals surface area contributed by atoms with E-state index in [1.807, 2.05) is 66.4 Å². The second-order valence-corrected chi connectivity index (χ2v) is 8.96. The van der Waals surface area contributed by atoms with Crippen molar-refractivity contribution in [3.8, 4) is 11.3 Å². The number of carbonyl (C=O) groups excluding carboxylic acids is 2. The zero-order chi connectivity index (χ0) is 22.1. The van der Waals surface area contributed by atoms with Crippen LogP contribution < -0.4 is 5.32 Å². The molecule has 0 unspecified atom stereocenters. The van der Waals surface area contributed by atoms with Crippen molar-refractivity contribution < 1.29 is 14.0 Å². The molecular weight excluding hydrogens is 400 g/mol. The lowest BCUT2D eigenvalue weighted by atomic mass is 10.0. The topological polar surface area (TPSA) is 62.6 Å². The van der Waals surface area contributed by atoms with Gasteiger partial charge in [-0.2, -0.15) is 0 Å². The van der Waals surface area contributed by atoms with Crippen molar-refractivity contribution in [3.05, 3.63) is 77.0 Å². The predicted molar refractivity (Wildman–Crippen MR) is 124 cm³/mol. The number of hydrogen-bond acceptors (Lipinski definition) is 3. The molecule has 164 valence electrons. The lowest BCUT2D eigenvalue weighted by Gasteiger charge is -2.26. The molecule has 1 aromatic heterocycles. The van der Waals surface area contributed by atoms with Gasteiger partial charge in [0, 0.05) is 47.8 Å². The Morgan fingerprint density at radius 1 is 1.03 bits per heavy atom. The molecule has 1 aliphatic heterocycles. The number of rotatable bonds is 4. The van der Waals surface area contributed by atoms with E-state index in [9.17, 15) is 9.59 Å². The van der Waals surface area contributed by atoms with Crippen LogP contribution in [0.2, 0.25) is 0 Å². The van der Waals surface area contributed by atoms with Gasteiger partial charge in [-0.3, -0.25) is 9.59 Å². The van der Waals surface area contributed by atoms with Crippen LogP contribution >= 0.6 is 0 Å². The van der Waals surface area contributed by atoms with E-state index in [2.05, 4.69) is 5.32 Å². The van der Waals surface area contributed by atoms with Gasteiger partial charge in [0.2, 0.25) is 5.91 Å². The Labute approximate surface area is 188 Å². The summed E-state index contributed by atoms with van der Waals surface area (Å²) in [5, 5.41) is 3.07. The number of carbonyl (C=O) groups is 2. The number of fused-ring (bicyclic) bond motifs is 1. The summed E-state index contributed by atoms with van der Waals surface area (Å²) in [6.45, 7) is 3.19. The maximum atomic E-state index is 12.9. The van der Waals surface area contributed by atoms with Crippen LogP contribution in [-0.4, -0.2) is 23.3 Å². The van der Waals surface area contributed by atoms with E-state index in [0.717, 1.165) is 65.1 Å². The molecule has 5 rings (SSSR count). The molecule has 0 radical (unpaired) electrons. The molecule has 32 heavy (non-hydrogen) atoms. The first kappa shape index (κ1) is 20.6. The summed E-state index contributed by atoms with van der Waals surface area (Å²) in [5.41, 5.74) is 4.58. The molecule has 2 heterocycles. The third kappa shape index (κ3) is 4.20. The normalized spacial score (nSPS) is 16.1. The Balaban J connectivity index is 1.31. The average molecular weight is 429 g/mol. The van der Waals surface area contributed by atoms with Gasteiger partial charge in [-0.15, -0.1) is 0 Å². The highest BCUT2D eigenvalue weighted by Gasteiger charge is 2.26. The van der Waals surface area contributed by atoms with Gasteiger partial charge in [-0.25, -0.2) is 0 Å². The van der Waals surface area contributed by atoms with Gasteiger partial charge in [-0.1, -0.05) is 42.7 Å². The first-order valence-electron chi connectivity index (χ1n) is 11.5. The minimum absolute atomic E-state index is 0.0544. The summed E-state index contributed by atoms with van der Waals surface area (Å²) in [6, 6.07) is 17.6. The highest BCUT2D eigenvalue weighted by molar-refractivity contribution is 5.94. The van der Waals surface area contributed by atoms with Gasteiger partial charge in [0.05, 0.1) is 0 Å². The average Bonchev–Trinajstić information content (AvgIpc) is 3.48. The van der Waals surface area contributed by atoms with Gasteiger partial charge in [0.1, 0.15) is 11.5 Å². The van der Waals surface area contributed by atoms with Crippen LogP contribution in [0.25, 0.3) is 11.3 Å². The fourth-order valence-corrected chi connectivity index (χ4v) is 4.79. The number of nitrogens with one attached hydrogen (secondary N) is 1. The fraction of sp³-hybridized carbons (Fsp3) is 0.333. The Bertz CT molecular complexity index is 1160. The van der Waals surface area contributed by atoms with Crippen LogP contribution in [0.5, 0.6) is 0 Å². The van der Waals surface area contributed by atoms with Crippen molar-refractivity contribution in [1.29, 1.82) is 0 Å². The lowest BCUT2D eigenvalue weighted by Crippen LogP contribution is -2.35. The standard InChI is InChI=1S/C27H28N2O3/c1-18-6-4-10-21(14-18)27(31)29-13-12-24-22(17-29)16-25(32-24)20-9-5-11-23(15-20)28-26(30)19-7-2-3-8-19/h4-6,9-11,14-16,19H,2-3,7-8,12-13,17H2,1H3,(H,28,30). The maximum absolute atomic E-state index is 12.9. The first-order chi connectivity index (χ1) is 15.6. The van der Waals surface area contributed by atoms with Crippen molar-refractivity contribution in [2.75, 3.05) is 11.9 Å². The molecule has 3 aromatic rings. The molecular formula is C27H28N2O3. The highest BCUT2D eigenvalue weighted by Crippen LogP contribution is 2.32. The van der Waals surface area contributed by atoms with Gasteiger partial charge < -0.3 is 14.6 Å². The van der Waals surface area contributed by atoms with Crippen molar-refractivity contribution in [2.45, 2.75) is 45.6 Å². The summed E-state index contributed by atoms with van der Waals surface area (Å²) in [7, 11) is 0. The Hall–Kier alpha value is -3.34. The predicted octanol–water partition coefficient (Wildman–Crippen LogP) is 5.58. The van der Waals surface area contributed by atoms with E-state index < -0.39 is 0 Å². The van der Waals surface area contributed by atoms with Crippen molar-refractivity contribution in [2.24, 2.45) is 5.92 Å². The molecule has 2 amide bonds. The van der Waals surface area contributed by atoms with E-state index in [1.165, 1.54) is 0 Å². The molecule has 0 bridgehead atoms. The lowest BCUT2D eigenvalue weighted by molar-refractivity contribution is -0.119. The summed E-state index contributed by atoms with van der Waals surface area (Å²) in [6.07, 6.45) is 4.94. The monoisotopic (exact) mass is 428 g/mol.